The number of carbonyl (C=O) groups is 1. The lowest BCUT2D eigenvalue weighted by molar-refractivity contribution is -0.384. The Balaban J connectivity index is 2.53. The number of carboxylic acid groups (broad SMARTS) is 1. The lowest BCUT2D eigenvalue weighted by Crippen LogP contribution is -2.40. The van der Waals surface area contributed by atoms with Crippen LogP contribution in [-0.4, -0.2) is 41.3 Å². The number of benzene rings is 1. The van der Waals surface area contributed by atoms with Crippen LogP contribution in [0.5, 0.6) is 0 Å². The standard InChI is InChI=1S/C11H10ClFN2O6S/c12-6-4-10(7(13)5-9(6)15(18)19)22(20,21)14-3-1-2-8(14)11(16)17/h4-5,8H,1-3H2,(H,16,17). The minimum atomic E-state index is -4.46. The van der Waals surface area contributed by atoms with Crippen LogP contribution in [0.2, 0.25) is 5.02 Å². The Hall–Kier alpha value is -1.78. The summed E-state index contributed by atoms with van der Waals surface area (Å²) >= 11 is 5.60. The van der Waals surface area contributed by atoms with Crippen molar-refractivity contribution < 1.29 is 27.6 Å². The molecule has 0 saturated carbocycles. The number of hydrogen-bond donors (Lipinski definition) is 1. The fourth-order valence-electron chi connectivity index (χ4n) is 2.26. The van der Waals surface area contributed by atoms with Gasteiger partial charge in [0.1, 0.15) is 21.8 Å². The molecule has 1 N–H and O–H groups in total. The molecular formula is C11H10ClFN2O6S. The number of halogens is 2. The van der Waals surface area contributed by atoms with Crippen LogP contribution in [0.25, 0.3) is 0 Å². The van der Waals surface area contributed by atoms with Gasteiger partial charge in [-0.25, -0.2) is 12.8 Å². The Kier molecular flexibility index (Phi) is 4.36. The summed E-state index contributed by atoms with van der Waals surface area (Å²) in [7, 11) is -4.46. The van der Waals surface area contributed by atoms with Crippen LogP contribution in [0.3, 0.4) is 0 Å². The topological polar surface area (TPSA) is 118 Å². The second-order valence-electron chi connectivity index (χ2n) is 4.60. The van der Waals surface area contributed by atoms with Crippen LogP contribution >= 0.6 is 11.6 Å². The minimum absolute atomic E-state index is 0.0760. The Bertz CT molecular complexity index is 753. The third-order valence-corrected chi connectivity index (χ3v) is 5.50. The van der Waals surface area contributed by atoms with Gasteiger partial charge in [-0.1, -0.05) is 11.6 Å². The first-order valence-electron chi connectivity index (χ1n) is 6.04. The molecule has 0 aliphatic carbocycles. The fraction of sp³-hybridized carbons (Fsp3) is 0.364. The van der Waals surface area contributed by atoms with Crippen molar-refractivity contribution in [2.75, 3.05) is 6.54 Å². The molecule has 1 fully saturated rings. The molecule has 1 aromatic rings. The molecule has 0 radical (unpaired) electrons. The Labute approximate surface area is 129 Å². The highest BCUT2D eigenvalue weighted by atomic mass is 35.5. The summed E-state index contributed by atoms with van der Waals surface area (Å²) in [4.78, 5) is 19.9. The summed E-state index contributed by atoms with van der Waals surface area (Å²) in [6, 6.07) is -0.263. The average Bonchev–Trinajstić information content (AvgIpc) is 2.90. The van der Waals surface area contributed by atoms with Crippen LogP contribution in [0.15, 0.2) is 17.0 Å². The van der Waals surface area contributed by atoms with Crippen molar-refractivity contribution in [1.82, 2.24) is 4.31 Å². The van der Waals surface area contributed by atoms with Gasteiger partial charge in [-0.3, -0.25) is 14.9 Å². The van der Waals surface area contributed by atoms with Gasteiger partial charge in [-0.2, -0.15) is 4.31 Å². The summed E-state index contributed by atoms with van der Waals surface area (Å²) in [5, 5.41) is 19.1. The molecule has 1 aromatic carbocycles. The molecule has 0 amide bonds. The van der Waals surface area contributed by atoms with Crippen molar-refractivity contribution in [3.63, 3.8) is 0 Å². The van der Waals surface area contributed by atoms with E-state index in [0.29, 0.717) is 22.9 Å². The summed E-state index contributed by atoms with van der Waals surface area (Å²) in [6.07, 6.45) is 0.426. The minimum Gasteiger partial charge on any atom is -0.480 e. The molecule has 1 aliphatic heterocycles. The van der Waals surface area contributed by atoms with Crippen molar-refractivity contribution in [3.8, 4) is 0 Å². The monoisotopic (exact) mass is 352 g/mol. The van der Waals surface area contributed by atoms with Crippen molar-refractivity contribution in [1.29, 1.82) is 0 Å². The van der Waals surface area contributed by atoms with Crippen LogP contribution in [-0.2, 0) is 14.8 Å². The van der Waals surface area contributed by atoms with Crippen molar-refractivity contribution >= 4 is 33.3 Å². The van der Waals surface area contributed by atoms with E-state index in [9.17, 15) is 27.7 Å². The Morgan fingerprint density at radius 3 is 2.68 bits per heavy atom. The van der Waals surface area contributed by atoms with E-state index >= 15 is 0 Å². The number of rotatable bonds is 4. The molecule has 0 spiro atoms. The number of aliphatic carboxylic acids is 1. The van der Waals surface area contributed by atoms with Gasteiger partial charge in [0, 0.05) is 6.54 Å². The normalized spacial score (nSPS) is 19.3. The van der Waals surface area contributed by atoms with Crippen LogP contribution < -0.4 is 0 Å². The molecular weight excluding hydrogens is 343 g/mol. The van der Waals surface area contributed by atoms with Gasteiger partial charge in [0.05, 0.1) is 11.0 Å². The molecule has 22 heavy (non-hydrogen) atoms. The highest BCUT2D eigenvalue weighted by molar-refractivity contribution is 7.89. The summed E-state index contributed by atoms with van der Waals surface area (Å²) < 4.78 is 39.4. The smallest absolute Gasteiger partial charge is 0.322 e. The van der Waals surface area contributed by atoms with E-state index in [-0.39, 0.29) is 13.0 Å². The van der Waals surface area contributed by atoms with Gasteiger partial charge in [0.15, 0.2) is 0 Å². The summed E-state index contributed by atoms with van der Waals surface area (Å²) in [5.74, 6) is -2.69. The van der Waals surface area contributed by atoms with Crippen molar-refractivity contribution in [2.24, 2.45) is 0 Å². The van der Waals surface area contributed by atoms with E-state index in [1.807, 2.05) is 0 Å². The average molecular weight is 353 g/mol. The molecule has 1 unspecified atom stereocenters. The number of nitrogens with zero attached hydrogens (tertiary/aromatic N) is 2. The molecule has 8 nitrogen and oxygen atoms in total. The molecule has 120 valence electrons. The van der Waals surface area contributed by atoms with Gasteiger partial charge >= 0.3 is 5.97 Å². The predicted octanol–water partition coefficient (Wildman–Crippen LogP) is 1.62. The zero-order valence-electron chi connectivity index (χ0n) is 10.9. The highest BCUT2D eigenvalue weighted by Gasteiger charge is 2.41. The molecule has 2 rings (SSSR count). The Morgan fingerprint density at radius 1 is 1.50 bits per heavy atom. The van der Waals surface area contributed by atoms with E-state index in [0.717, 1.165) is 0 Å². The van der Waals surface area contributed by atoms with Gasteiger partial charge in [-0.05, 0) is 18.9 Å². The van der Waals surface area contributed by atoms with Gasteiger partial charge in [0.2, 0.25) is 10.0 Å². The van der Waals surface area contributed by atoms with E-state index in [1.165, 1.54) is 0 Å². The maximum atomic E-state index is 14.0. The third kappa shape index (κ3) is 2.76. The van der Waals surface area contributed by atoms with Gasteiger partial charge in [0.25, 0.3) is 5.69 Å². The number of nitro groups is 1. The largest absolute Gasteiger partial charge is 0.480 e. The quantitative estimate of drug-likeness (QED) is 0.650. The molecule has 0 bridgehead atoms. The maximum absolute atomic E-state index is 14.0. The zero-order chi connectivity index (χ0) is 16.7. The molecule has 11 heteroatoms. The van der Waals surface area contributed by atoms with E-state index < -0.39 is 48.4 Å². The second-order valence-corrected chi connectivity index (χ2v) is 6.87. The van der Waals surface area contributed by atoms with Crippen LogP contribution in [0, 0.1) is 15.9 Å². The lowest BCUT2D eigenvalue weighted by atomic mass is 10.2. The van der Waals surface area contributed by atoms with E-state index in [1.54, 1.807) is 0 Å². The first-order chi connectivity index (χ1) is 10.2. The highest BCUT2D eigenvalue weighted by Crippen LogP contribution is 2.33. The van der Waals surface area contributed by atoms with Crippen molar-refractivity contribution in [3.05, 3.63) is 33.1 Å². The first-order valence-corrected chi connectivity index (χ1v) is 7.86. The fourth-order valence-corrected chi connectivity index (χ4v) is 4.28. The van der Waals surface area contributed by atoms with Crippen molar-refractivity contribution in [2.45, 2.75) is 23.8 Å². The number of hydrogen-bond acceptors (Lipinski definition) is 5. The summed E-state index contributed by atoms with van der Waals surface area (Å²) in [5.41, 5.74) is -0.769. The SMILES string of the molecule is O=C(O)C1CCCN1S(=O)(=O)c1cc(Cl)c([N+](=O)[O-])cc1F. The number of nitro benzene ring substituents is 1. The molecule has 0 aromatic heterocycles. The summed E-state index contributed by atoms with van der Waals surface area (Å²) in [6.45, 7) is -0.0760. The van der Waals surface area contributed by atoms with Crippen LogP contribution in [0.4, 0.5) is 10.1 Å². The Morgan fingerprint density at radius 2 is 2.14 bits per heavy atom. The van der Waals surface area contributed by atoms with Gasteiger partial charge in [-0.15, -0.1) is 0 Å². The van der Waals surface area contributed by atoms with Gasteiger partial charge < -0.3 is 5.11 Å². The molecule has 1 aliphatic rings. The molecule has 1 atom stereocenters. The lowest BCUT2D eigenvalue weighted by Gasteiger charge is -2.21. The third-order valence-electron chi connectivity index (χ3n) is 3.27. The van der Waals surface area contributed by atoms with E-state index in [2.05, 4.69) is 0 Å². The molecule has 1 heterocycles. The predicted molar refractivity (Wildman–Crippen MR) is 72.6 cm³/mol. The second kappa shape index (κ2) is 5.78. The first kappa shape index (κ1) is 16.6. The zero-order valence-corrected chi connectivity index (χ0v) is 12.5. The van der Waals surface area contributed by atoms with E-state index in [4.69, 9.17) is 16.7 Å². The molecule has 1 saturated heterocycles. The number of sulfonamides is 1. The number of carboxylic acids is 1. The maximum Gasteiger partial charge on any atom is 0.322 e. The van der Waals surface area contributed by atoms with Crippen LogP contribution in [0.1, 0.15) is 12.8 Å².